The second-order valence-corrected chi connectivity index (χ2v) is 5.72. The number of rotatable bonds is 3. The van der Waals surface area contributed by atoms with Crippen LogP contribution in [0.4, 0.5) is 4.39 Å². The van der Waals surface area contributed by atoms with Crippen molar-refractivity contribution in [3.63, 3.8) is 0 Å². The largest absolute Gasteiger partial charge is 0.349 e. The Bertz CT molecular complexity index is 615. The molecule has 2 nitrogen and oxygen atoms in total. The van der Waals surface area contributed by atoms with Gasteiger partial charge in [-0.15, -0.1) is 0 Å². The van der Waals surface area contributed by atoms with E-state index in [1.54, 1.807) is 6.07 Å². The minimum absolute atomic E-state index is 0.157. The van der Waals surface area contributed by atoms with E-state index in [1.165, 1.54) is 30.0 Å². The summed E-state index contributed by atoms with van der Waals surface area (Å²) in [5.41, 5.74) is 5.04. The summed E-state index contributed by atoms with van der Waals surface area (Å²) in [4.78, 5) is 0. The smallest absolute Gasteiger partial charge is 0.123 e. The van der Waals surface area contributed by atoms with Crippen LogP contribution in [0.15, 0.2) is 30.6 Å². The average molecular weight is 272 g/mol. The predicted molar refractivity (Wildman–Crippen MR) is 79.4 cm³/mol. The Labute approximate surface area is 119 Å². The maximum Gasteiger partial charge on any atom is 0.123 e. The highest BCUT2D eigenvalue weighted by molar-refractivity contribution is 5.32. The van der Waals surface area contributed by atoms with Gasteiger partial charge in [-0.05, 0) is 67.6 Å². The van der Waals surface area contributed by atoms with E-state index in [1.807, 2.05) is 20.0 Å². The van der Waals surface area contributed by atoms with Gasteiger partial charge in [0.25, 0.3) is 0 Å². The zero-order valence-corrected chi connectivity index (χ0v) is 12.1. The highest BCUT2D eigenvalue weighted by atomic mass is 19.1. The van der Waals surface area contributed by atoms with Crippen molar-refractivity contribution < 1.29 is 4.39 Å². The summed E-state index contributed by atoms with van der Waals surface area (Å²) in [6.07, 6.45) is 8.04. The second kappa shape index (κ2) is 5.41. The van der Waals surface area contributed by atoms with Crippen molar-refractivity contribution in [3.05, 3.63) is 58.7 Å². The normalized spacial score (nSPS) is 18.1. The number of nitrogens with one attached hydrogen (secondary N) is 1. The van der Waals surface area contributed by atoms with Crippen molar-refractivity contribution in [2.75, 3.05) is 7.05 Å². The van der Waals surface area contributed by atoms with E-state index < -0.39 is 0 Å². The third-order valence-corrected chi connectivity index (χ3v) is 4.32. The van der Waals surface area contributed by atoms with E-state index in [2.05, 4.69) is 22.3 Å². The minimum Gasteiger partial charge on any atom is -0.349 e. The lowest BCUT2D eigenvalue weighted by Gasteiger charge is -2.21. The zero-order chi connectivity index (χ0) is 14.1. The third kappa shape index (κ3) is 2.50. The number of aromatic nitrogens is 1. The molecule has 3 heteroatoms. The molecule has 0 amide bonds. The number of fused-ring (bicyclic) bond motifs is 1. The van der Waals surface area contributed by atoms with Gasteiger partial charge < -0.3 is 9.88 Å². The molecule has 1 N–H and O–H groups in total. The number of nitrogens with zero attached hydrogens (tertiary/aromatic N) is 1. The molecule has 1 aromatic carbocycles. The number of aryl methyl sites for hydroxylation is 2. The van der Waals surface area contributed by atoms with Crippen LogP contribution in [0.1, 0.15) is 41.1 Å². The molecule has 0 aliphatic heterocycles. The van der Waals surface area contributed by atoms with Gasteiger partial charge in [-0.1, -0.05) is 6.07 Å². The SMILES string of the molecule is CNC1CCCc2cn(Cc3cc(F)ccc3C)cc21. The monoisotopic (exact) mass is 272 g/mol. The molecule has 106 valence electrons. The van der Waals surface area contributed by atoms with Crippen LogP contribution < -0.4 is 5.32 Å². The highest BCUT2D eigenvalue weighted by Crippen LogP contribution is 2.30. The van der Waals surface area contributed by atoms with Crippen LogP contribution in [0.25, 0.3) is 0 Å². The van der Waals surface area contributed by atoms with Crippen molar-refractivity contribution in [3.8, 4) is 0 Å². The van der Waals surface area contributed by atoms with Crippen molar-refractivity contribution >= 4 is 0 Å². The van der Waals surface area contributed by atoms with Crippen molar-refractivity contribution in [2.45, 2.75) is 38.8 Å². The number of hydrogen-bond acceptors (Lipinski definition) is 1. The lowest BCUT2D eigenvalue weighted by Crippen LogP contribution is -2.20. The van der Waals surface area contributed by atoms with Crippen LogP contribution in [0.5, 0.6) is 0 Å². The second-order valence-electron chi connectivity index (χ2n) is 5.72. The van der Waals surface area contributed by atoms with Crippen LogP contribution in [-0.2, 0) is 13.0 Å². The van der Waals surface area contributed by atoms with E-state index >= 15 is 0 Å². The van der Waals surface area contributed by atoms with Crippen LogP contribution in [0.2, 0.25) is 0 Å². The van der Waals surface area contributed by atoms with E-state index in [4.69, 9.17) is 0 Å². The molecule has 1 aliphatic rings. The standard InChI is InChI=1S/C17H21FN2/c1-12-6-7-15(18)8-14(12)10-20-9-13-4-3-5-17(19-2)16(13)11-20/h6-9,11,17,19H,3-5,10H2,1-2H3. The first-order chi connectivity index (χ1) is 9.67. The molecule has 1 unspecified atom stereocenters. The Hall–Kier alpha value is -1.61. The third-order valence-electron chi connectivity index (χ3n) is 4.32. The van der Waals surface area contributed by atoms with E-state index in [9.17, 15) is 4.39 Å². The molecule has 1 heterocycles. The summed E-state index contributed by atoms with van der Waals surface area (Å²) >= 11 is 0. The molecular weight excluding hydrogens is 251 g/mol. The molecule has 20 heavy (non-hydrogen) atoms. The van der Waals surface area contributed by atoms with E-state index in [-0.39, 0.29) is 5.82 Å². The minimum atomic E-state index is -0.157. The number of hydrogen-bond donors (Lipinski definition) is 1. The van der Waals surface area contributed by atoms with Gasteiger partial charge >= 0.3 is 0 Å². The molecule has 0 saturated heterocycles. The highest BCUT2D eigenvalue weighted by Gasteiger charge is 2.20. The average Bonchev–Trinajstić information content (AvgIpc) is 2.85. The predicted octanol–water partition coefficient (Wildman–Crippen LogP) is 3.58. The summed E-state index contributed by atoms with van der Waals surface area (Å²) in [6.45, 7) is 2.78. The molecule has 0 spiro atoms. The lowest BCUT2D eigenvalue weighted by molar-refractivity contribution is 0.498. The van der Waals surface area contributed by atoms with Gasteiger partial charge in [0.2, 0.25) is 0 Å². The number of benzene rings is 1. The summed E-state index contributed by atoms with van der Waals surface area (Å²) in [7, 11) is 2.02. The Balaban J connectivity index is 1.88. The fourth-order valence-corrected chi connectivity index (χ4v) is 3.15. The summed E-state index contributed by atoms with van der Waals surface area (Å²) in [5, 5.41) is 3.38. The molecule has 0 saturated carbocycles. The lowest BCUT2D eigenvalue weighted by atomic mass is 9.91. The van der Waals surface area contributed by atoms with E-state index in [0.29, 0.717) is 6.04 Å². The summed E-state index contributed by atoms with van der Waals surface area (Å²) in [6, 6.07) is 5.49. The Morgan fingerprint density at radius 2 is 2.20 bits per heavy atom. The maximum absolute atomic E-state index is 13.4. The molecule has 2 aromatic rings. The molecular formula is C17H21FN2. The van der Waals surface area contributed by atoms with E-state index in [0.717, 1.165) is 24.1 Å². The fraction of sp³-hybridized carbons (Fsp3) is 0.412. The molecule has 0 fully saturated rings. The number of halogens is 1. The van der Waals surface area contributed by atoms with Gasteiger partial charge in [-0.25, -0.2) is 4.39 Å². The quantitative estimate of drug-likeness (QED) is 0.903. The summed E-state index contributed by atoms with van der Waals surface area (Å²) < 4.78 is 15.6. The van der Waals surface area contributed by atoms with Crippen LogP contribution in [-0.4, -0.2) is 11.6 Å². The maximum atomic E-state index is 13.4. The molecule has 1 atom stereocenters. The Kier molecular flexibility index (Phi) is 3.62. The van der Waals surface area contributed by atoms with Crippen molar-refractivity contribution in [1.82, 2.24) is 9.88 Å². The summed E-state index contributed by atoms with van der Waals surface area (Å²) in [5.74, 6) is -0.157. The van der Waals surface area contributed by atoms with Crippen LogP contribution >= 0.6 is 0 Å². The van der Waals surface area contributed by atoms with Crippen LogP contribution in [0.3, 0.4) is 0 Å². The fourth-order valence-electron chi connectivity index (χ4n) is 3.15. The Morgan fingerprint density at radius 3 is 3.00 bits per heavy atom. The molecule has 0 radical (unpaired) electrons. The van der Waals surface area contributed by atoms with Gasteiger partial charge in [-0.3, -0.25) is 0 Å². The van der Waals surface area contributed by atoms with Gasteiger partial charge in [-0.2, -0.15) is 0 Å². The van der Waals surface area contributed by atoms with Gasteiger partial charge in [0.15, 0.2) is 0 Å². The first-order valence-electron chi connectivity index (χ1n) is 7.28. The van der Waals surface area contributed by atoms with Crippen molar-refractivity contribution in [2.24, 2.45) is 0 Å². The molecule has 0 bridgehead atoms. The molecule has 3 rings (SSSR count). The van der Waals surface area contributed by atoms with Gasteiger partial charge in [0.05, 0.1) is 0 Å². The Morgan fingerprint density at radius 1 is 1.35 bits per heavy atom. The first-order valence-corrected chi connectivity index (χ1v) is 7.28. The topological polar surface area (TPSA) is 17.0 Å². The molecule has 1 aromatic heterocycles. The first kappa shape index (κ1) is 13.4. The van der Waals surface area contributed by atoms with Crippen molar-refractivity contribution in [1.29, 1.82) is 0 Å². The van der Waals surface area contributed by atoms with Gasteiger partial charge in [0, 0.05) is 25.0 Å². The van der Waals surface area contributed by atoms with Crippen LogP contribution in [0, 0.1) is 12.7 Å². The molecule has 1 aliphatic carbocycles. The van der Waals surface area contributed by atoms with Gasteiger partial charge in [0.1, 0.15) is 5.82 Å². The zero-order valence-electron chi connectivity index (χ0n) is 12.1.